The van der Waals surface area contributed by atoms with E-state index in [4.69, 9.17) is 16.3 Å². The van der Waals surface area contributed by atoms with E-state index < -0.39 is 27.4 Å². The molecule has 9 nitrogen and oxygen atoms in total. The molecule has 3 aromatic carbocycles. The molecule has 11 heteroatoms. The van der Waals surface area contributed by atoms with E-state index in [1.807, 2.05) is 0 Å². The molecule has 0 aromatic heterocycles. The van der Waals surface area contributed by atoms with Crippen molar-refractivity contribution in [3.8, 4) is 5.75 Å². The second kappa shape index (κ2) is 9.67. The maximum Gasteiger partial charge on any atom is 0.271 e. The van der Waals surface area contributed by atoms with Crippen LogP contribution in [0, 0.1) is 10.1 Å². The van der Waals surface area contributed by atoms with Crippen molar-refractivity contribution in [2.75, 3.05) is 23.3 Å². The molecule has 3 aromatic rings. The van der Waals surface area contributed by atoms with Gasteiger partial charge in [0.25, 0.3) is 15.7 Å². The van der Waals surface area contributed by atoms with Gasteiger partial charge in [-0.3, -0.25) is 19.2 Å². The van der Waals surface area contributed by atoms with Crippen LogP contribution in [0.3, 0.4) is 0 Å². The summed E-state index contributed by atoms with van der Waals surface area (Å²) >= 11 is 5.92. The lowest BCUT2D eigenvalue weighted by Crippen LogP contribution is -2.38. The molecule has 0 saturated heterocycles. The smallest absolute Gasteiger partial charge is 0.271 e. The highest BCUT2D eigenvalue weighted by atomic mass is 35.5. The zero-order valence-electron chi connectivity index (χ0n) is 16.8. The number of ether oxygens (including phenoxy) is 1. The number of nitrogens with one attached hydrogen (secondary N) is 1. The average Bonchev–Trinajstić information content (AvgIpc) is 2.78. The number of carbonyl (C=O) groups is 1. The highest BCUT2D eigenvalue weighted by Crippen LogP contribution is 2.30. The summed E-state index contributed by atoms with van der Waals surface area (Å²) in [5, 5.41) is 14.0. The minimum absolute atomic E-state index is 0.00400. The quantitative estimate of drug-likeness (QED) is 0.387. The van der Waals surface area contributed by atoms with Gasteiger partial charge in [0.15, 0.2) is 0 Å². The molecule has 0 unspecified atom stereocenters. The number of nitro groups is 1. The summed E-state index contributed by atoms with van der Waals surface area (Å²) in [4.78, 5) is 23.3. The van der Waals surface area contributed by atoms with E-state index in [1.165, 1.54) is 55.6 Å². The lowest BCUT2D eigenvalue weighted by atomic mass is 10.2. The van der Waals surface area contributed by atoms with Crippen molar-refractivity contribution >= 4 is 44.6 Å². The number of anilines is 2. The van der Waals surface area contributed by atoms with Crippen LogP contribution in [-0.4, -0.2) is 32.9 Å². The van der Waals surface area contributed by atoms with Crippen molar-refractivity contribution in [2.24, 2.45) is 0 Å². The van der Waals surface area contributed by atoms with Crippen LogP contribution in [0.1, 0.15) is 0 Å². The molecule has 1 amide bonds. The average molecular weight is 476 g/mol. The van der Waals surface area contributed by atoms with E-state index in [1.54, 1.807) is 18.2 Å². The van der Waals surface area contributed by atoms with Gasteiger partial charge in [-0.2, -0.15) is 0 Å². The van der Waals surface area contributed by atoms with Crippen LogP contribution < -0.4 is 14.4 Å². The number of rotatable bonds is 8. The number of methoxy groups -OCH3 is 1. The molecule has 0 aliphatic rings. The molecule has 0 saturated carbocycles. The molecule has 0 bridgehead atoms. The summed E-state index contributed by atoms with van der Waals surface area (Å²) in [7, 11) is -2.76. The summed E-state index contributed by atoms with van der Waals surface area (Å²) < 4.78 is 32.6. The standard InChI is InChI=1S/C21H18ClN3O6S/c1-31-20-12-11-17(25(27)28)13-19(20)23-21(26)14-24(16-9-7-15(22)8-10-16)32(29,30)18-5-3-2-4-6-18/h2-13H,14H2,1H3,(H,23,26). The zero-order valence-corrected chi connectivity index (χ0v) is 18.3. The van der Waals surface area contributed by atoms with Crippen LogP contribution in [0.5, 0.6) is 5.75 Å². The summed E-state index contributed by atoms with van der Waals surface area (Å²) in [6, 6.07) is 17.3. The fraction of sp³-hybridized carbons (Fsp3) is 0.0952. The molecule has 0 spiro atoms. The summed E-state index contributed by atoms with van der Waals surface area (Å²) in [6.45, 7) is -0.593. The molecule has 0 aliphatic carbocycles. The number of nitrogens with zero attached hydrogens (tertiary/aromatic N) is 2. The number of nitro benzene ring substituents is 1. The van der Waals surface area contributed by atoms with Gasteiger partial charge in [0.2, 0.25) is 5.91 Å². The fourth-order valence-electron chi connectivity index (χ4n) is 2.87. The highest BCUT2D eigenvalue weighted by molar-refractivity contribution is 7.92. The van der Waals surface area contributed by atoms with Gasteiger partial charge in [0, 0.05) is 17.2 Å². The first-order valence-corrected chi connectivity index (χ1v) is 11.0. The van der Waals surface area contributed by atoms with E-state index in [0.29, 0.717) is 5.02 Å². The van der Waals surface area contributed by atoms with Crippen LogP contribution >= 0.6 is 11.6 Å². The van der Waals surface area contributed by atoms with Gasteiger partial charge < -0.3 is 10.1 Å². The molecule has 0 aliphatic heterocycles. The third-order valence-electron chi connectivity index (χ3n) is 4.40. The lowest BCUT2D eigenvalue weighted by molar-refractivity contribution is -0.384. The van der Waals surface area contributed by atoms with Crippen molar-refractivity contribution in [1.29, 1.82) is 0 Å². The Labute approximate surface area is 189 Å². The zero-order chi connectivity index (χ0) is 23.3. The molecular formula is C21H18ClN3O6S. The van der Waals surface area contributed by atoms with Gasteiger partial charge >= 0.3 is 0 Å². The number of non-ortho nitro benzene ring substituents is 1. The van der Waals surface area contributed by atoms with Crippen LogP contribution in [-0.2, 0) is 14.8 Å². The van der Waals surface area contributed by atoms with Gasteiger partial charge in [0.1, 0.15) is 12.3 Å². The Kier molecular flexibility index (Phi) is 6.96. The molecule has 0 heterocycles. The monoisotopic (exact) mass is 475 g/mol. The second-order valence-electron chi connectivity index (χ2n) is 6.49. The first-order chi connectivity index (χ1) is 15.2. The van der Waals surface area contributed by atoms with Gasteiger partial charge in [0.05, 0.1) is 28.3 Å². The number of carbonyl (C=O) groups excluding carboxylic acids is 1. The van der Waals surface area contributed by atoms with Gasteiger partial charge in [-0.05, 0) is 42.5 Å². The molecule has 3 rings (SSSR count). The van der Waals surface area contributed by atoms with E-state index in [9.17, 15) is 23.3 Å². The van der Waals surface area contributed by atoms with Crippen molar-refractivity contribution in [2.45, 2.75) is 4.90 Å². The maximum atomic E-state index is 13.3. The third kappa shape index (κ3) is 5.16. The van der Waals surface area contributed by atoms with E-state index in [-0.39, 0.29) is 27.7 Å². The van der Waals surface area contributed by atoms with Crippen LogP contribution in [0.4, 0.5) is 17.1 Å². The minimum Gasteiger partial charge on any atom is -0.495 e. The van der Waals surface area contributed by atoms with E-state index in [0.717, 1.165) is 10.4 Å². The Hall–Kier alpha value is -3.63. The molecular weight excluding hydrogens is 458 g/mol. The number of sulfonamides is 1. The van der Waals surface area contributed by atoms with Crippen LogP contribution in [0.15, 0.2) is 77.7 Å². The van der Waals surface area contributed by atoms with Crippen molar-refractivity contribution in [3.63, 3.8) is 0 Å². The number of halogens is 1. The largest absolute Gasteiger partial charge is 0.495 e. The van der Waals surface area contributed by atoms with Crippen molar-refractivity contribution < 1.29 is 22.9 Å². The Morgan fingerprint density at radius 2 is 1.75 bits per heavy atom. The Morgan fingerprint density at radius 1 is 1.09 bits per heavy atom. The topological polar surface area (TPSA) is 119 Å². The van der Waals surface area contributed by atoms with Gasteiger partial charge in [-0.1, -0.05) is 29.8 Å². The number of hydrogen-bond acceptors (Lipinski definition) is 6. The molecule has 1 N–H and O–H groups in total. The van der Waals surface area contributed by atoms with Gasteiger partial charge in [-0.15, -0.1) is 0 Å². The van der Waals surface area contributed by atoms with Crippen LogP contribution in [0.25, 0.3) is 0 Å². The fourth-order valence-corrected chi connectivity index (χ4v) is 4.44. The van der Waals surface area contributed by atoms with Crippen LogP contribution in [0.2, 0.25) is 5.02 Å². The summed E-state index contributed by atoms with van der Waals surface area (Å²) in [5.41, 5.74) is 0.00633. The van der Waals surface area contributed by atoms with Crippen molar-refractivity contribution in [1.82, 2.24) is 0 Å². The Morgan fingerprint density at radius 3 is 2.34 bits per heavy atom. The highest BCUT2D eigenvalue weighted by Gasteiger charge is 2.27. The first-order valence-electron chi connectivity index (χ1n) is 9.18. The predicted octanol–water partition coefficient (Wildman–Crippen LogP) is 4.09. The normalized spacial score (nSPS) is 10.9. The number of hydrogen-bond donors (Lipinski definition) is 1. The number of benzene rings is 3. The second-order valence-corrected chi connectivity index (χ2v) is 8.79. The molecule has 0 radical (unpaired) electrons. The predicted molar refractivity (Wildman–Crippen MR) is 121 cm³/mol. The third-order valence-corrected chi connectivity index (χ3v) is 6.44. The minimum atomic E-state index is -4.10. The maximum absolute atomic E-state index is 13.3. The SMILES string of the molecule is COc1ccc([N+](=O)[O-])cc1NC(=O)CN(c1ccc(Cl)cc1)S(=O)(=O)c1ccccc1. The summed E-state index contributed by atoms with van der Waals surface area (Å²) in [5.74, 6) is -0.536. The molecule has 0 atom stereocenters. The van der Waals surface area contributed by atoms with Gasteiger partial charge in [-0.25, -0.2) is 8.42 Å². The molecule has 0 fully saturated rings. The Bertz CT molecular complexity index is 1230. The lowest BCUT2D eigenvalue weighted by Gasteiger charge is -2.24. The van der Waals surface area contributed by atoms with E-state index >= 15 is 0 Å². The molecule has 166 valence electrons. The summed E-state index contributed by atoms with van der Waals surface area (Å²) in [6.07, 6.45) is 0. The first kappa shape index (κ1) is 23.0. The molecule has 32 heavy (non-hydrogen) atoms. The van der Waals surface area contributed by atoms with Crippen molar-refractivity contribution in [3.05, 3.63) is 87.9 Å². The van der Waals surface area contributed by atoms with E-state index in [2.05, 4.69) is 5.32 Å². The Balaban J connectivity index is 1.95. The number of amides is 1.